The smallest absolute Gasteiger partial charge is 0.160 e. The van der Waals surface area contributed by atoms with E-state index in [1.807, 2.05) is 38.5 Å². The molecule has 0 spiro atoms. The van der Waals surface area contributed by atoms with Crippen molar-refractivity contribution in [3.8, 4) is 17.0 Å². The molecule has 0 saturated carbocycles. The summed E-state index contributed by atoms with van der Waals surface area (Å²) in [7, 11) is 1.88. The van der Waals surface area contributed by atoms with Crippen LogP contribution in [0.1, 0.15) is 11.1 Å². The van der Waals surface area contributed by atoms with Crippen molar-refractivity contribution in [2.45, 2.75) is 13.8 Å². The average molecular weight is 388 g/mol. The van der Waals surface area contributed by atoms with E-state index in [9.17, 15) is 5.11 Å². The van der Waals surface area contributed by atoms with Crippen molar-refractivity contribution in [2.75, 3.05) is 31.1 Å². The number of piperazine rings is 1. The van der Waals surface area contributed by atoms with Gasteiger partial charge in [0.25, 0.3) is 0 Å². The minimum Gasteiger partial charge on any atom is -0.507 e. The van der Waals surface area contributed by atoms with Gasteiger partial charge in [-0.15, -0.1) is 0 Å². The van der Waals surface area contributed by atoms with Crippen LogP contribution in [-0.2, 0) is 7.05 Å². The molecule has 0 atom stereocenters. The monoisotopic (exact) mass is 388 g/mol. The molecule has 0 radical (unpaired) electrons. The maximum Gasteiger partial charge on any atom is 0.160 e. The SMILES string of the molecule is Cc1cc(-c2cc3cn(C)nc3c(C)c2O)nc2ncc(N3CCNCC3)cc12. The van der Waals surface area contributed by atoms with E-state index in [0.717, 1.165) is 65.0 Å². The van der Waals surface area contributed by atoms with Crippen molar-refractivity contribution in [3.05, 3.63) is 41.7 Å². The quantitative estimate of drug-likeness (QED) is 0.550. The molecule has 1 aliphatic rings. The maximum absolute atomic E-state index is 10.8. The molecule has 1 aromatic carbocycles. The van der Waals surface area contributed by atoms with Gasteiger partial charge in [-0.2, -0.15) is 5.10 Å². The van der Waals surface area contributed by atoms with E-state index in [1.165, 1.54) is 0 Å². The van der Waals surface area contributed by atoms with Crippen LogP contribution in [-0.4, -0.2) is 51.0 Å². The van der Waals surface area contributed by atoms with Gasteiger partial charge in [0, 0.05) is 61.3 Å². The minimum absolute atomic E-state index is 0.222. The Balaban J connectivity index is 1.63. The van der Waals surface area contributed by atoms with E-state index in [2.05, 4.69) is 33.3 Å². The number of anilines is 1. The molecule has 1 aliphatic heterocycles. The summed E-state index contributed by atoms with van der Waals surface area (Å²) in [5.41, 5.74) is 5.93. The van der Waals surface area contributed by atoms with Crippen LogP contribution >= 0.6 is 0 Å². The van der Waals surface area contributed by atoms with Crippen LogP contribution in [0.2, 0.25) is 0 Å². The molecular weight excluding hydrogens is 364 g/mol. The van der Waals surface area contributed by atoms with Crippen molar-refractivity contribution >= 4 is 27.6 Å². The number of hydrogen-bond acceptors (Lipinski definition) is 6. The molecule has 0 unspecified atom stereocenters. The minimum atomic E-state index is 0.222. The van der Waals surface area contributed by atoms with Gasteiger partial charge in [0.1, 0.15) is 5.75 Å². The Hall–Kier alpha value is -3.19. The number of aromatic nitrogens is 4. The first-order valence-electron chi connectivity index (χ1n) is 9.90. The summed E-state index contributed by atoms with van der Waals surface area (Å²) in [6, 6.07) is 6.16. The second-order valence-electron chi connectivity index (χ2n) is 7.76. The van der Waals surface area contributed by atoms with Crippen LogP contribution in [0, 0.1) is 13.8 Å². The highest BCUT2D eigenvalue weighted by molar-refractivity contribution is 5.92. The number of phenolic OH excluding ortho intramolecular Hbond substituents is 1. The first kappa shape index (κ1) is 17.9. The Bertz CT molecular complexity index is 1240. The first-order chi connectivity index (χ1) is 14.0. The van der Waals surface area contributed by atoms with Crippen LogP contribution in [0.25, 0.3) is 33.2 Å². The highest BCUT2D eigenvalue weighted by Gasteiger charge is 2.17. The number of phenols is 1. The normalized spacial score (nSPS) is 14.8. The summed E-state index contributed by atoms with van der Waals surface area (Å²) < 4.78 is 1.76. The van der Waals surface area contributed by atoms with E-state index in [-0.39, 0.29) is 5.75 Å². The number of nitrogens with one attached hydrogen (secondary N) is 1. The van der Waals surface area contributed by atoms with Crippen molar-refractivity contribution in [1.82, 2.24) is 25.1 Å². The summed E-state index contributed by atoms with van der Waals surface area (Å²) in [6.45, 7) is 7.91. The van der Waals surface area contributed by atoms with E-state index < -0.39 is 0 Å². The van der Waals surface area contributed by atoms with Gasteiger partial charge in [0.2, 0.25) is 0 Å². The zero-order valence-electron chi connectivity index (χ0n) is 16.9. The predicted octanol–water partition coefficient (Wildman–Crippen LogP) is 2.92. The molecule has 0 aliphatic carbocycles. The Morgan fingerprint density at radius 3 is 2.69 bits per heavy atom. The molecule has 5 rings (SSSR count). The molecular formula is C22H24N6O. The molecule has 1 fully saturated rings. The number of hydrogen-bond donors (Lipinski definition) is 2. The summed E-state index contributed by atoms with van der Waals surface area (Å²) in [4.78, 5) is 11.8. The van der Waals surface area contributed by atoms with Crippen molar-refractivity contribution in [1.29, 1.82) is 0 Å². The van der Waals surface area contributed by atoms with Gasteiger partial charge in [-0.25, -0.2) is 9.97 Å². The zero-order valence-corrected chi connectivity index (χ0v) is 16.9. The lowest BCUT2D eigenvalue weighted by atomic mass is 10.0. The van der Waals surface area contributed by atoms with Crippen LogP contribution in [0.4, 0.5) is 5.69 Å². The largest absolute Gasteiger partial charge is 0.507 e. The Morgan fingerprint density at radius 2 is 1.90 bits per heavy atom. The number of pyridine rings is 2. The van der Waals surface area contributed by atoms with Gasteiger partial charge in [-0.1, -0.05) is 0 Å². The molecule has 4 heterocycles. The van der Waals surface area contributed by atoms with Gasteiger partial charge in [0.15, 0.2) is 5.65 Å². The van der Waals surface area contributed by atoms with Gasteiger partial charge in [-0.3, -0.25) is 4.68 Å². The third kappa shape index (κ3) is 2.98. The highest BCUT2D eigenvalue weighted by Crippen LogP contribution is 2.37. The fraction of sp³-hybridized carbons (Fsp3) is 0.318. The lowest BCUT2D eigenvalue weighted by Gasteiger charge is -2.29. The molecule has 1 saturated heterocycles. The summed E-state index contributed by atoms with van der Waals surface area (Å²) in [5, 5.41) is 20.7. The molecule has 0 amide bonds. The topological polar surface area (TPSA) is 79.1 Å². The highest BCUT2D eigenvalue weighted by atomic mass is 16.3. The lowest BCUT2D eigenvalue weighted by molar-refractivity contribution is 0.474. The average Bonchev–Trinajstić information content (AvgIpc) is 3.11. The molecule has 7 heteroatoms. The third-order valence-corrected chi connectivity index (χ3v) is 5.74. The number of rotatable bonds is 2. The molecule has 7 nitrogen and oxygen atoms in total. The number of fused-ring (bicyclic) bond motifs is 2. The second-order valence-corrected chi connectivity index (χ2v) is 7.76. The van der Waals surface area contributed by atoms with Crippen molar-refractivity contribution in [3.63, 3.8) is 0 Å². The molecule has 2 N–H and O–H groups in total. The molecule has 4 aromatic rings. The van der Waals surface area contributed by atoms with Gasteiger partial charge in [0.05, 0.1) is 23.1 Å². The van der Waals surface area contributed by atoms with E-state index in [1.54, 1.807) is 4.68 Å². The Labute approximate surface area is 169 Å². The van der Waals surface area contributed by atoms with E-state index in [0.29, 0.717) is 11.2 Å². The predicted molar refractivity (Wildman–Crippen MR) is 115 cm³/mol. The summed E-state index contributed by atoms with van der Waals surface area (Å²) in [5.74, 6) is 0.222. The number of nitrogens with zero attached hydrogens (tertiary/aromatic N) is 5. The fourth-order valence-corrected chi connectivity index (χ4v) is 4.13. The molecule has 3 aromatic heterocycles. The fourth-order valence-electron chi connectivity index (χ4n) is 4.13. The first-order valence-corrected chi connectivity index (χ1v) is 9.90. The van der Waals surface area contributed by atoms with Crippen LogP contribution in [0.5, 0.6) is 5.75 Å². The third-order valence-electron chi connectivity index (χ3n) is 5.74. The van der Waals surface area contributed by atoms with Crippen LogP contribution < -0.4 is 10.2 Å². The molecule has 29 heavy (non-hydrogen) atoms. The number of benzene rings is 1. The van der Waals surface area contributed by atoms with Gasteiger partial charge < -0.3 is 15.3 Å². The lowest BCUT2D eigenvalue weighted by Crippen LogP contribution is -2.43. The number of aromatic hydroxyl groups is 1. The maximum atomic E-state index is 10.8. The second kappa shape index (κ2) is 6.70. The van der Waals surface area contributed by atoms with E-state index >= 15 is 0 Å². The van der Waals surface area contributed by atoms with Crippen LogP contribution in [0.3, 0.4) is 0 Å². The van der Waals surface area contributed by atoms with Gasteiger partial charge in [-0.05, 0) is 37.6 Å². The van der Waals surface area contributed by atoms with Gasteiger partial charge >= 0.3 is 0 Å². The van der Waals surface area contributed by atoms with Crippen molar-refractivity contribution in [2.24, 2.45) is 7.05 Å². The summed E-state index contributed by atoms with van der Waals surface area (Å²) in [6.07, 6.45) is 3.86. The zero-order chi connectivity index (χ0) is 20.1. The Morgan fingerprint density at radius 1 is 1.10 bits per heavy atom. The standard InChI is InChI=1S/C22H24N6O/c1-13-8-19(18-9-15-12-27(3)26-20(15)14(2)21(18)29)25-22-17(13)10-16(11-24-22)28-6-4-23-5-7-28/h8-12,23,29H,4-7H2,1-3H3. The number of aryl methyl sites for hydroxylation is 3. The molecule has 148 valence electrons. The molecule has 0 bridgehead atoms. The summed E-state index contributed by atoms with van der Waals surface area (Å²) >= 11 is 0. The van der Waals surface area contributed by atoms with Crippen molar-refractivity contribution < 1.29 is 5.11 Å². The van der Waals surface area contributed by atoms with E-state index in [4.69, 9.17) is 4.98 Å². The van der Waals surface area contributed by atoms with Crippen LogP contribution in [0.15, 0.2) is 30.6 Å². The Kier molecular flexibility index (Phi) is 4.13.